The van der Waals surface area contributed by atoms with Crippen LogP contribution < -0.4 is 10.2 Å². The van der Waals surface area contributed by atoms with Gasteiger partial charge in [-0.15, -0.1) is 9.60 Å². The number of halogens is 2. The first kappa shape index (κ1) is 16.7. The second kappa shape index (κ2) is 7.63. The Morgan fingerprint density at radius 3 is 3.00 bits per heavy atom. The van der Waals surface area contributed by atoms with Gasteiger partial charge in [-0.25, -0.2) is 0 Å². The Morgan fingerprint density at radius 1 is 1.42 bits per heavy atom. The molecule has 1 saturated heterocycles. The van der Waals surface area contributed by atoms with Crippen molar-refractivity contribution in [2.24, 2.45) is 4.99 Å². The van der Waals surface area contributed by atoms with Gasteiger partial charge in [0, 0.05) is 6.20 Å². The van der Waals surface area contributed by atoms with Gasteiger partial charge in [0.1, 0.15) is 24.7 Å². The summed E-state index contributed by atoms with van der Waals surface area (Å²) in [5.41, 5.74) is 0.764. The zero-order valence-electron chi connectivity index (χ0n) is 13.3. The van der Waals surface area contributed by atoms with Gasteiger partial charge >= 0.3 is 0 Å². The maximum atomic E-state index is 12.8. The Morgan fingerprint density at radius 2 is 2.25 bits per heavy atom. The Hall–Kier alpha value is -2.12. The van der Waals surface area contributed by atoms with Gasteiger partial charge in [0.2, 0.25) is 0 Å². The van der Waals surface area contributed by atoms with E-state index in [4.69, 9.17) is 21.4 Å². The predicted octanol–water partition coefficient (Wildman–Crippen LogP) is 2.28. The van der Waals surface area contributed by atoms with Gasteiger partial charge < -0.3 is 10.2 Å². The molecule has 128 valence electrons. The lowest BCUT2D eigenvalue weighted by atomic mass is 10.1. The van der Waals surface area contributed by atoms with Crippen molar-refractivity contribution in [2.45, 2.75) is 18.5 Å². The molecule has 1 aromatic heterocycles. The van der Waals surface area contributed by atoms with Crippen LogP contribution in [0.15, 0.2) is 47.9 Å². The summed E-state index contributed by atoms with van der Waals surface area (Å²) in [4.78, 5) is 14.4. The second-order valence-electron chi connectivity index (χ2n) is 5.57. The average molecular weight is 352 g/mol. The van der Waals surface area contributed by atoms with E-state index in [0.717, 1.165) is 16.7 Å². The molecular formula is C16H19ClFN5O. The van der Waals surface area contributed by atoms with Crippen LogP contribution >= 0.6 is 11.6 Å². The van der Waals surface area contributed by atoms with Crippen LogP contribution in [0.1, 0.15) is 18.2 Å². The first-order valence-electron chi connectivity index (χ1n) is 7.68. The third-order valence-electron chi connectivity index (χ3n) is 3.79. The lowest BCUT2D eigenvalue weighted by Gasteiger charge is -2.33. The van der Waals surface area contributed by atoms with Crippen LogP contribution in [-0.4, -0.2) is 46.9 Å². The predicted molar refractivity (Wildman–Crippen MR) is 90.9 cm³/mol. The fraction of sp³-hybridized carbons (Fsp3) is 0.375. The fourth-order valence-electron chi connectivity index (χ4n) is 2.55. The molecule has 0 bridgehead atoms. The smallest absolute Gasteiger partial charge is 0.121 e. The van der Waals surface area contributed by atoms with Gasteiger partial charge in [0.05, 0.1) is 36.5 Å². The quantitative estimate of drug-likeness (QED) is 0.849. The van der Waals surface area contributed by atoms with Gasteiger partial charge in [0.15, 0.2) is 0 Å². The van der Waals surface area contributed by atoms with Crippen molar-refractivity contribution in [3.63, 3.8) is 0 Å². The van der Waals surface area contributed by atoms with E-state index in [0.29, 0.717) is 24.5 Å². The molecule has 8 heteroatoms. The van der Waals surface area contributed by atoms with Crippen molar-refractivity contribution < 1.29 is 9.32 Å². The van der Waals surface area contributed by atoms with Crippen molar-refractivity contribution in [1.82, 2.24) is 20.2 Å². The number of hydrogen-bond donors (Lipinski definition) is 1. The molecule has 0 amide bonds. The Labute approximate surface area is 144 Å². The number of dihydropyridines is 1. The summed E-state index contributed by atoms with van der Waals surface area (Å²) in [6.45, 7) is 0.747. The monoisotopic (exact) mass is 351 g/mol. The molecule has 0 aromatic carbocycles. The maximum Gasteiger partial charge on any atom is 0.121 e. The number of rotatable bonds is 3. The van der Waals surface area contributed by atoms with E-state index >= 15 is 0 Å². The summed E-state index contributed by atoms with van der Waals surface area (Å²) in [6.07, 6.45) is 9.69. The molecule has 6 nitrogen and oxygen atoms in total. The maximum absolute atomic E-state index is 12.8. The molecule has 1 aromatic rings. The van der Waals surface area contributed by atoms with E-state index in [9.17, 15) is 4.48 Å². The first-order chi connectivity index (χ1) is 11.7. The molecule has 0 spiro atoms. The summed E-state index contributed by atoms with van der Waals surface area (Å²) in [7, 11) is 1.56. The standard InChI is InChI=1S/C16H19ClFN5O/c1-24-23-9-12(17)4-3-7-19-8-15(23)14-5-2-6-16(21-14)20-13-10-22(18)11-13/h2-4,6-9,13-14H,5,10-11H2,1H3,(H,20,21). The minimum atomic E-state index is -0.171. The number of amidine groups is 1. The second-order valence-corrected chi connectivity index (χ2v) is 6.01. The summed E-state index contributed by atoms with van der Waals surface area (Å²) in [5, 5.41) is 4.52. The number of nitrogens with one attached hydrogen (secondary N) is 1. The molecule has 1 atom stereocenters. The van der Waals surface area contributed by atoms with Crippen molar-refractivity contribution in [3.05, 3.63) is 53.6 Å². The van der Waals surface area contributed by atoms with Crippen LogP contribution in [-0.2, 0) is 0 Å². The average Bonchev–Trinajstić information content (AvgIpc) is 2.64. The van der Waals surface area contributed by atoms with E-state index in [1.807, 2.05) is 12.2 Å². The van der Waals surface area contributed by atoms with Gasteiger partial charge in [0.25, 0.3) is 0 Å². The molecule has 2 aliphatic rings. The first-order valence-corrected chi connectivity index (χ1v) is 8.05. The highest BCUT2D eigenvalue weighted by atomic mass is 35.5. The van der Waals surface area contributed by atoms with Crippen LogP contribution in [0.3, 0.4) is 0 Å². The summed E-state index contributed by atoms with van der Waals surface area (Å²) >= 11 is 6.14. The highest BCUT2D eigenvalue weighted by Crippen LogP contribution is 2.24. The molecule has 0 saturated carbocycles. The zero-order chi connectivity index (χ0) is 16.9. The summed E-state index contributed by atoms with van der Waals surface area (Å²) in [6, 6.07) is 3.39. The zero-order valence-corrected chi connectivity index (χ0v) is 14.0. The Bertz CT molecular complexity index is 698. The molecule has 1 N–H and O–H groups in total. The molecule has 2 aliphatic heterocycles. The highest BCUT2D eigenvalue weighted by Gasteiger charge is 2.27. The molecule has 0 radical (unpaired) electrons. The summed E-state index contributed by atoms with van der Waals surface area (Å²) in [5.74, 6) is 0.735. The largest absolute Gasteiger partial charge is 0.417 e. The lowest BCUT2D eigenvalue weighted by Crippen LogP contribution is -2.55. The van der Waals surface area contributed by atoms with Gasteiger partial charge in [-0.3, -0.25) is 9.98 Å². The van der Waals surface area contributed by atoms with E-state index in [1.54, 1.807) is 42.6 Å². The number of aromatic nitrogens is 2. The normalized spacial score (nSPS) is 20.8. The van der Waals surface area contributed by atoms with E-state index in [1.165, 1.54) is 0 Å². The van der Waals surface area contributed by atoms with Gasteiger partial charge in [-0.2, -0.15) is 4.73 Å². The molecular weight excluding hydrogens is 333 g/mol. The van der Waals surface area contributed by atoms with Crippen molar-refractivity contribution in [1.29, 1.82) is 0 Å². The minimum Gasteiger partial charge on any atom is -0.417 e. The third-order valence-corrected chi connectivity index (χ3v) is 4.01. The Kier molecular flexibility index (Phi) is 5.32. The molecule has 1 unspecified atom stereocenters. The van der Waals surface area contributed by atoms with Crippen LogP contribution in [0.5, 0.6) is 0 Å². The number of nitrogens with zero attached hydrogens (tertiary/aromatic N) is 4. The van der Waals surface area contributed by atoms with E-state index in [-0.39, 0.29) is 12.1 Å². The highest BCUT2D eigenvalue weighted by molar-refractivity contribution is 6.30. The van der Waals surface area contributed by atoms with Crippen molar-refractivity contribution >= 4 is 17.4 Å². The molecule has 3 heterocycles. The Balaban J connectivity index is 1.89. The number of hydrogen-bond acceptors (Lipinski definition) is 5. The third kappa shape index (κ3) is 4.04. The molecule has 24 heavy (non-hydrogen) atoms. The van der Waals surface area contributed by atoms with Crippen molar-refractivity contribution in [2.75, 3.05) is 20.2 Å². The molecule has 3 rings (SSSR count). The summed E-state index contributed by atoms with van der Waals surface area (Å²) < 4.78 is 14.4. The number of aliphatic imine (C=N–C) groups is 1. The van der Waals surface area contributed by atoms with Gasteiger partial charge in [-0.1, -0.05) is 17.7 Å². The SMILES string of the molecule is COn1cc(Cl)cccncc1C1CC=CC(NC2CN(F)C2)=N1. The fourth-order valence-corrected chi connectivity index (χ4v) is 2.71. The molecule has 1 fully saturated rings. The van der Waals surface area contributed by atoms with E-state index in [2.05, 4.69) is 10.3 Å². The van der Waals surface area contributed by atoms with Crippen LogP contribution in [0.2, 0.25) is 5.02 Å². The van der Waals surface area contributed by atoms with Crippen LogP contribution in [0, 0.1) is 0 Å². The van der Waals surface area contributed by atoms with E-state index < -0.39 is 0 Å². The lowest BCUT2D eigenvalue weighted by molar-refractivity contribution is -0.0539. The van der Waals surface area contributed by atoms with Crippen LogP contribution in [0.25, 0.3) is 0 Å². The van der Waals surface area contributed by atoms with Crippen molar-refractivity contribution in [3.8, 4) is 0 Å². The minimum absolute atomic E-state index is 0.0850. The topological polar surface area (TPSA) is 54.7 Å². The molecule has 0 aliphatic carbocycles. The van der Waals surface area contributed by atoms with Gasteiger partial charge in [-0.05, 0) is 24.6 Å². The van der Waals surface area contributed by atoms with Crippen LogP contribution in [0.4, 0.5) is 4.48 Å².